The average molecular weight is 289 g/mol. The van der Waals surface area contributed by atoms with E-state index in [1.54, 1.807) is 0 Å². The Morgan fingerprint density at radius 2 is 2.11 bits per heavy atom. The number of hydrogen-bond donors (Lipinski definition) is 2. The van der Waals surface area contributed by atoms with Crippen LogP contribution in [-0.2, 0) is 4.79 Å². The van der Waals surface area contributed by atoms with E-state index in [1.165, 1.54) is 7.05 Å². The Morgan fingerprint density at radius 1 is 1.47 bits per heavy atom. The van der Waals surface area contributed by atoms with Gasteiger partial charge in [-0.1, -0.05) is 0 Å². The SMILES string of the molecule is CN(CCNC(=O)C1CC(F)(F)CN1)CC(F)(F)F. The summed E-state index contributed by atoms with van der Waals surface area (Å²) in [4.78, 5) is 12.4. The minimum Gasteiger partial charge on any atom is -0.353 e. The van der Waals surface area contributed by atoms with Gasteiger partial charge in [0.2, 0.25) is 5.91 Å². The lowest BCUT2D eigenvalue weighted by Gasteiger charge is -2.19. The number of carbonyl (C=O) groups is 1. The number of carbonyl (C=O) groups excluding carboxylic acids is 1. The molecule has 1 rings (SSSR count). The summed E-state index contributed by atoms with van der Waals surface area (Å²) in [6.07, 6.45) is -4.88. The fraction of sp³-hybridized carbons (Fsp3) is 0.900. The van der Waals surface area contributed by atoms with Crippen molar-refractivity contribution >= 4 is 5.91 Å². The number of likely N-dealkylation sites (N-methyl/N-ethyl adjacent to an activating group) is 1. The van der Waals surface area contributed by atoms with E-state index in [1.807, 2.05) is 0 Å². The van der Waals surface area contributed by atoms with Crippen molar-refractivity contribution in [2.24, 2.45) is 0 Å². The maximum atomic E-state index is 12.8. The molecule has 0 radical (unpaired) electrons. The van der Waals surface area contributed by atoms with Gasteiger partial charge in [-0.25, -0.2) is 8.78 Å². The van der Waals surface area contributed by atoms with Crippen LogP contribution in [0.2, 0.25) is 0 Å². The number of rotatable bonds is 5. The number of amides is 1. The Morgan fingerprint density at radius 3 is 2.58 bits per heavy atom. The Kier molecular flexibility index (Phi) is 5.08. The normalized spacial score (nSPS) is 22.8. The molecule has 112 valence electrons. The summed E-state index contributed by atoms with van der Waals surface area (Å²) >= 11 is 0. The van der Waals surface area contributed by atoms with Gasteiger partial charge in [0.05, 0.1) is 19.1 Å². The lowest BCUT2D eigenvalue weighted by atomic mass is 10.2. The van der Waals surface area contributed by atoms with Gasteiger partial charge in [0, 0.05) is 19.5 Å². The second-order valence-electron chi connectivity index (χ2n) is 4.64. The summed E-state index contributed by atoms with van der Waals surface area (Å²) in [7, 11) is 1.27. The van der Waals surface area contributed by atoms with E-state index < -0.39 is 43.6 Å². The molecule has 1 fully saturated rings. The second kappa shape index (κ2) is 6.00. The van der Waals surface area contributed by atoms with Crippen molar-refractivity contribution in [1.82, 2.24) is 15.5 Å². The summed E-state index contributed by atoms with van der Waals surface area (Å²) in [5.74, 6) is -3.52. The van der Waals surface area contributed by atoms with Crippen LogP contribution in [0.1, 0.15) is 6.42 Å². The Labute approximate surface area is 107 Å². The molecular weight excluding hydrogens is 273 g/mol. The van der Waals surface area contributed by atoms with Crippen molar-refractivity contribution in [2.75, 3.05) is 33.2 Å². The third-order valence-corrected chi connectivity index (χ3v) is 2.67. The van der Waals surface area contributed by atoms with Gasteiger partial charge in [-0.2, -0.15) is 13.2 Å². The van der Waals surface area contributed by atoms with Crippen molar-refractivity contribution < 1.29 is 26.7 Å². The number of halogens is 5. The first-order valence-corrected chi connectivity index (χ1v) is 5.73. The van der Waals surface area contributed by atoms with Gasteiger partial charge in [0.15, 0.2) is 0 Å². The molecule has 0 aromatic carbocycles. The molecule has 0 bridgehead atoms. The zero-order valence-corrected chi connectivity index (χ0v) is 10.4. The van der Waals surface area contributed by atoms with E-state index in [9.17, 15) is 26.7 Å². The first kappa shape index (κ1) is 16.1. The van der Waals surface area contributed by atoms with Gasteiger partial charge < -0.3 is 5.32 Å². The van der Waals surface area contributed by atoms with Gasteiger partial charge in [-0.15, -0.1) is 0 Å². The first-order chi connectivity index (χ1) is 8.59. The first-order valence-electron chi connectivity index (χ1n) is 5.73. The van der Waals surface area contributed by atoms with Crippen LogP contribution in [0.4, 0.5) is 22.0 Å². The Hall–Kier alpha value is -0.960. The highest BCUT2D eigenvalue weighted by atomic mass is 19.4. The molecule has 1 unspecified atom stereocenters. The number of nitrogens with zero attached hydrogens (tertiary/aromatic N) is 1. The van der Waals surface area contributed by atoms with Crippen molar-refractivity contribution in [3.63, 3.8) is 0 Å². The molecule has 0 saturated carbocycles. The fourth-order valence-corrected chi connectivity index (χ4v) is 1.78. The van der Waals surface area contributed by atoms with Gasteiger partial charge in [-0.05, 0) is 7.05 Å². The summed E-state index contributed by atoms with van der Waals surface area (Å²) in [5, 5.41) is 4.70. The molecule has 19 heavy (non-hydrogen) atoms. The highest BCUT2D eigenvalue weighted by Crippen LogP contribution is 2.24. The van der Waals surface area contributed by atoms with Gasteiger partial charge in [0.1, 0.15) is 0 Å². The van der Waals surface area contributed by atoms with E-state index >= 15 is 0 Å². The van der Waals surface area contributed by atoms with E-state index in [-0.39, 0.29) is 13.1 Å². The van der Waals surface area contributed by atoms with Crippen LogP contribution in [0.15, 0.2) is 0 Å². The Balaban J connectivity index is 2.21. The van der Waals surface area contributed by atoms with Gasteiger partial charge in [-0.3, -0.25) is 15.0 Å². The zero-order chi connectivity index (χ0) is 14.7. The van der Waals surface area contributed by atoms with Gasteiger partial charge in [0.25, 0.3) is 5.92 Å². The Bertz CT molecular complexity index is 321. The zero-order valence-electron chi connectivity index (χ0n) is 10.4. The quantitative estimate of drug-likeness (QED) is 0.728. The molecule has 1 heterocycles. The second-order valence-corrected chi connectivity index (χ2v) is 4.64. The summed E-state index contributed by atoms with van der Waals surface area (Å²) in [5.41, 5.74) is 0. The minimum atomic E-state index is -4.30. The van der Waals surface area contributed by atoms with Crippen LogP contribution < -0.4 is 10.6 Å². The highest BCUT2D eigenvalue weighted by Gasteiger charge is 2.42. The van der Waals surface area contributed by atoms with Crippen molar-refractivity contribution in [1.29, 1.82) is 0 Å². The van der Waals surface area contributed by atoms with Crippen LogP contribution in [0, 0.1) is 0 Å². The lowest BCUT2D eigenvalue weighted by Crippen LogP contribution is -2.44. The molecule has 1 saturated heterocycles. The van der Waals surface area contributed by atoms with Crippen molar-refractivity contribution in [3.8, 4) is 0 Å². The molecule has 2 N–H and O–H groups in total. The van der Waals surface area contributed by atoms with Crippen LogP contribution in [-0.4, -0.2) is 62.2 Å². The standard InChI is InChI=1S/C10H16F5N3O/c1-18(6-10(13,14)15)3-2-16-8(19)7-4-9(11,12)5-17-7/h7,17H,2-6H2,1H3,(H,16,19). The molecule has 4 nitrogen and oxygen atoms in total. The highest BCUT2D eigenvalue weighted by molar-refractivity contribution is 5.82. The molecule has 1 aliphatic rings. The predicted molar refractivity (Wildman–Crippen MR) is 57.9 cm³/mol. The predicted octanol–water partition coefficient (Wildman–Crippen LogP) is 0.594. The third kappa shape index (κ3) is 6.15. The van der Waals surface area contributed by atoms with Crippen LogP contribution in [0.3, 0.4) is 0 Å². The smallest absolute Gasteiger partial charge is 0.353 e. The molecule has 1 atom stereocenters. The maximum absolute atomic E-state index is 12.8. The fourth-order valence-electron chi connectivity index (χ4n) is 1.78. The van der Waals surface area contributed by atoms with E-state index in [0.717, 1.165) is 4.90 Å². The molecule has 0 aromatic rings. The molecule has 0 aliphatic carbocycles. The number of alkyl halides is 5. The summed E-state index contributed by atoms with van der Waals surface area (Å²) < 4.78 is 61.6. The van der Waals surface area contributed by atoms with E-state index in [0.29, 0.717) is 0 Å². The molecule has 0 spiro atoms. The molecule has 1 amide bonds. The van der Waals surface area contributed by atoms with Crippen LogP contribution in [0.25, 0.3) is 0 Å². The molecular formula is C10H16F5N3O. The topological polar surface area (TPSA) is 44.4 Å². The molecule has 9 heteroatoms. The third-order valence-electron chi connectivity index (χ3n) is 2.67. The van der Waals surface area contributed by atoms with E-state index in [4.69, 9.17) is 0 Å². The van der Waals surface area contributed by atoms with E-state index in [2.05, 4.69) is 10.6 Å². The molecule has 1 aliphatic heterocycles. The lowest BCUT2D eigenvalue weighted by molar-refractivity contribution is -0.142. The van der Waals surface area contributed by atoms with Gasteiger partial charge >= 0.3 is 6.18 Å². The average Bonchev–Trinajstić information content (AvgIpc) is 2.56. The van der Waals surface area contributed by atoms with Crippen molar-refractivity contribution in [3.05, 3.63) is 0 Å². The van der Waals surface area contributed by atoms with Crippen LogP contribution in [0.5, 0.6) is 0 Å². The monoisotopic (exact) mass is 289 g/mol. The largest absolute Gasteiger partial charge is 0.401 e. The summed E-state index contributed by atoms with van der Waals surface area (Å²) in [6, 6.07) is -0.983. The van der Waals surface area contributed by atoms with Crippen molar-refractivity contribution in [2.45, 2.75) is 24.6 Å². The number of hydrogen-bond acceptors (Lipinski definition) is 3. The maximum Gasteiger partial charge on any atom is 0.401 e. The molecule has 0 aromatic heterocycles. The minimum absolute atomic E-state index is 0.00559. The van der Waals surface area contributed by atoms with Crippen LogP contribution >= 0.6 is 0 Å². The number of nitrogens with one attached hydrogen (secondary N) is 2. The summed E-state index contributed by atoms with van der Waals surface area (Å²) in [6.45, 7) is -1.66.